The van der Waals surface area contributed by atoms with Crippen molar-refractivity contribution in [2.45, 2.75) is 18.9 Å². The lowest BCUT2D eigenvalue weighted by atomic mass is 10.1. The number of nitrogens with one attached hydrogen (secondary N) is 1. The number of amides is 1. The first-order chi connectivity index (χ1) is 9.02. The summed E-state index contributed by atoms with van der Waals surface area (Å²) in [5.41, 5.74) is 5.95. The van der Waals surface area contributed by atoms with Gasteiger partial charge < -0.3 is 16.3 Å². The van der Waals surface area contributed by atoms with Crippen molar-refractivity contribution < 1.29 is 10.0 Å². The molecule has 102 valence electrons. The van der Waals surface area contributed by atoms with Crippen LogP contribution in [0.1, 0.15) is 23.2 Å². The number of halogens is 2. The van der Waals surface area contributed by atoms with Gasteiger partial charge in [0.15, 0.2) is 5.84 Å². The van der Waals surface area contributed by atoms with E-state index in [0.29, 0.717) is 10.6 Å². The Hall–Kier alpha value is -1.27. The van der Waals surface area contributed by atoms with Crippen LogP contribution in [0.5, 0.6) is 0 Å². The Morgan fingerprint density at radius 1 is 1.58 bits per heavy atom. The van der Waals surface area contributed by atoms with Crippen LogP contribution in [0.2, 0.25) is 5.02 Å². The molecule has 0 radical (unpaired) electrons. The lowest BCUT2D eigenvalue weighted by Crippen LogP contribution is -2.46. The summed E-state index contributed by atoms with van der Waals surface area (Å²) in [6.07, 6.45) is 1.90. The maximum absolute atomic E-state index is 12.2. The Kier molecular flexibility index (Phi) is 4.31. The maximum atomic E-state index is 12.2. The number of hydrogen-bond donors (Lipinski definition) is 3. The Bertz CT molecular complexity index is 532. The summed E-state index contributed by atoms with van der Waals surface area (Å²) in [6.45, 7) is 0. The zero-order valence-corrected chi connectivity index (χ0v) is 12.3. The number of hydrogen-bond acceptors (Lipinski definition) is 3. The molecule has 1 atom stereocenters. The van der Waals surface area contributed by atoms with Gasteiger partial charge >= 0.3 is 0 Å². The molecule has 0 aliphatic heterocycles. The zero-order valence-electron chi connectivity index (χ0n) is 9.94. The third kappa shape index (κ3) is 3.39. The molecule has 0 saturated heterocycles. The van der Waals surface area contributed by atoms with Gasteiger partial charge in [-0.3, -0.25) is 4.79 Å². The molecule has 2 rings (SSSR count). The van der Waals surface area contributed by atoms with E-state index >= 15 is 0 Å². The van der Waals surface area contributed by atoms with Crippen LogP contribution in [0, 0.1) is 5.92 Å². The molecule has 1 fully saturated rings. The Labute approximate surface area is 123 Å². The number of nitrogens with zero attached hydrogens (tertiary/aromatic N) is 1. The first-order valence-corrected chi connectivity index (χ1v) is 6.93. The fourth-order valence-corrected chi connectivity index (χ4v) is 2.38. The molecule has 0 aromatic heterocycles. The fraction of sp³-hybridized carbons (Fsp3) is 0.333. The Morgan fingerprint density at radius 3 is 2.84 bits per heavy atom. The zero-order chi connectivity index (χ0) is 14.0. The summed E-state index contributed by atoms with van der Waals surface area (Å²) >= 11 is 9.28. The summed E-state index contributed by atoms with van der Waals surface area (Å²) in [4.78, 5) is 12.2. The summed E-state index contributed by atoms with van der Waals surface area (Å²) in [5.74, 6) is -0.0949. The molecule has 0 bridgehead atoms. The Morgan fingerprint density at radius 2 is 2.26 bits per heavy atom. The highest BCUT2D eigenvalue weighted by Crippen LogP contribution is 2.33. The SMILES string of the molecule is NC(=NO)C(NC(=O)c1cc(Br)ccc1Cl)C1CC1. The van der Waals surface area contributed by atoms with E-state index in [4.69, 9.17) is 22.5 Å². The normalized spacial score (nSPS) is 17.1. The quantitative estimate of drug-likeness (QED) is 0.338. The van der Waals surface area contributed by atoms with Crippen LogP contribution in [0.15, 0.2) is 27.8 Å². The van der Waals surface area contributed by atoms with E-state index in [1.807, 2.05) is 0 Å². The molecule has 1 aromatic rings. The van der Waals surface area contributed by atoms with Crippen LogP contribution >= 0.6 is 27.5 Å². The highest BCUT2D eigenvalue weighted by atomic mass is 79.9. The molecule has 1 amide bonds. The number of rotatable bonds is 4. The van der Waals surface area contributed by atoms with Crippen LogP contribution in [0.3, 0.4) is 0 Å². The van der Waals surface area contributed by atoms with Gasteiger partial charge in [0.25, 0.3) is 5.91 Å². The number of oxime groups is 1. The molecule has 1 saturated carbocycles. The number of carbonyl (C=O) groups is 1. The molecule has 1 unspecified atom stereocenters. The van der Waals surface area contributed by atoms with Crippen LogP contribution in [-0.2, 0) is 0 Å². The predicted molar refractivity (Wildman–Crippen MR) is 76.5 cm³/mol. The van der Waals surface area contributed by atoms with Crippen LogP contribution in [0.25, 0.3) is 0 Å². The first-order valence-electron chi connectivity index (χ1n) is 5.76. The number of amidine groups is 1. The maximum Gasteiger partial charge on any atom is 0.253 e. The van der Waals surface area contributed by atoms with Crippen molar-refractivity contribution in [2.24, 2.45) is 16.8 Å². The van der Waals surface area contributed by atoms with Gasteiger partial charge in [0.2, 0.25) is 0 Å². The second-order valence-corrected chi connectivity index (χ2v) is 5.76. The second kappa shape index (κ2) is 5.79. The molecule has 4 N–H and O–H groups in total. The van der Waals surface area contributed by atoms with Gasteiger partial charge in [-0.2, -0.15) is 0 Å². The lowest BCUT2D eigenvalue weighted by Gasteiger charge is -2.17. The van der Waals surface area contributed by atoms with E-state index in [2.05, 4.69) is 26.4 Å². The van der Waals surface area contributed by atoms with Crippen molar-refractivity contribution in [3.8, 4) is 0 Å². The van der Waals surface area contributed by atoms with Crippen molar-refractivity contribution in [1.82, 2.24) is 5.32 Å². The topological polar surface area (TPSA) is 87.7 Å². The second-order valence-electron chi connectivity index (χ2n) is 4.44. The third-order valence-electron chi connectivity index (χ3n) is 2.99. The molecule has 1 aromatic carbocycles. The van der Waals surface area contributed by atoms with E-state index < -0.39 is 6.04 Å². The molecule has 7 heteroatoms. The van der Waals surface area contributed by atoms with Gasteiger partial charge in [-0.1, -0.05) is 32.7 Å². The van der Waals surface area contributed by atoms with Gasteiger partial charge in [-0.05, 0) is 37.0 Å². The monoisotopic (exact) mass is 345 g/mol. The van der Waals surface area contributed by atoms with Crippen LogP contribution in [0.4, 0.5) is 0 Å². The highest BCUT2D eigenvalue weighted by Gasteiger charge is 2.35. The minimum Gasteiger partial charge on any atom is -0.409 e. The van der Waals surface area contributed by atoms with Gasteiger partial charge in [-0.25, -0.2) is 0 Å². The van der Waals surface area contributed by atoms with Crippen molar-refractivity contribution in [3.63, 3.8) is 0 Å². The van der Waals surface area contributed by atoms with Crippen LogP contribution in [-0.4, -0.2) is 23.0 Å². The molecular weight excluding hydrogens is 334 g/mol. The average Bonchev–Trinajstić information content (AvgIpc) is 3.22. The van der Waals surface area contributed by atoms with Crippen molar-refractivity contribution in [3.05, 3.63) is 33.3 Å². The summed E-state index contributed by atoms with van der Waals surface area (Å²) in [6, 6.07) is 4.57. The van der Waals surface area contributed by atoms with Crippen molar-refractivity contribution in [2.75, 3.05) is 0 Å². The standard InChI is InChI=1S/C12H13BrClN3O2/c13-7-3-4-9(14)8(5-7)12(18)16-10(6-1-2-6)11(15)17-19/h3-6,10,19H,1-2H2,(H2,15,17)(H,16,18). The molecule has 1 aliphatic carbocycles. The average molecular weight is 347 g/mol. The minimum absolute atomic E-state index is 0.0157. The molecule has 5 nitrogen and oxygen atoms in total. The summed E-state index contributed by atoms with van der Waals surface area (Å²) in [5, 5.41) is 14.8. The molecule has 0 spiro atoms. The molecule has 19 heavy (non-hydrogen) atoms. The first kappa shape index (κ1) is 14.1. The van der Waals surface area contributed by atoms with Gasteiger partial charge in [0, 0.05) is 4.47 Å². The summed E-state index contributed by atoms with van der Waals surface area (Å²) in [7, 11) is 0. The molecule has 0 heterocycles. The molecule has 1 aliphatic rings. The minimum atomic E-state index is -0.451. The number of carbonyl (C=O) groups excluding carboxylic acids is 1. The number of benzene rings is 1. The van der Waals surface area contributed by atoms with Crippen molar-refractivity contribution >= 4 is 39.3 Å². The molecular formula is C12H13BrClN3O2. The van der Waals surface area contributed by atoms with Gasteiger partial charge in [-0.15, -0.1) is 0 Å². The highest BCUT2D eigenvalue weighted by molar-refractivity contribution is 9.10. The summed E-state index contributed by atoms with van der Waals surface area (Å²) < 4.78 is 0.758. The van der Waals surface area contributed by atoms with E-state index in [9.17, 15) is 4.79 Å². The number of nitrogens with two attached hydrogens (primary N) is 1. The third-order valence-corrected chi connectivity index (χ3v) is 3.81. The van der Waals surface area contributed by atoms with E-state index in [1.165, 1.54) is 0 Å². The smallest absolute Gasteiger partial charge is 0.253 e. The Balaban J connectivity index is 2.17. The lowest BCUT2D eigenvalue weighted by molar-refractivity contribution is 0.0943. The van der Waals surface area contributed by atoms with E-state index in [1.54, 1.807) is 18.2 Å². The van der Waals surface area contributed by atoms with Crippen LogP contribution < -0.4 is 11.1 Å². The van der Waals surface area contributed by atoms with E-state index in [-0.39, 0.29) is 17.7 Å². The van der Waals surface area contributed by atoms with E-state index in [0.717, 1.165) is 17.3 Å². The van der Waals surface area contributed by atoms with Crippen molar-refractivity contribution in [1.29, 1.82) is 0 Å². The van der Waals surface area contributed by atoms with Gasteiger partial charge in [0.1, 0.15) is 0 Å². The predicted octanol–water partition coefficient (Wildman–Crippen LogP) is 2.36. The fourth-order valence-electron chi connectivity index (χ4n) is 1.82. The largest absolute Gasteiger partial charge is 0.409 e. The van der Waals surface area contributed by atoms with Gasteiger partial charge in [0.05, 0.1) is 16.6 Å².